The Labute approximate surface area is 111 Å². The van der Waals surface area contributed by atoms with E-state index in [0.29, 0.717) is 18.0 Å². The summed E-state index contributed by atoms with van der Waals surface area (Å²) in [6, 6.07) is 4.18. The minimum absolute atomic E-state index is 0.0724. The molecular weight excluding hydrogens is 246 g/mol. The van der Waals surface area contributed by atoms with E-state index in [0.717, 1.165) is 12.8 Å². The third kappa shape index (κ3) is 2.83. The maximum Gasteiger partial charge on any atom is 0.292 e. The number of anilines is 1. The standard InChI is InChI=1S/C13H17N3O3/c1-15(8-9-3-2-4-9)13(17)10-5-6-11(14)12(7-10)16(18)19/h5-7,9H,2-4,8,14H2,1H3. The Morgan fingerprint density at radius 3 is 2.74 bits per heavy atom. The van der Waals surface area contributed by atoms with Crippen LogP contribution in [0.1, 0.15) is 29.6 Å². The van der Waals surface area contributed by atoms with E-state index in [-0.39, 0.29) is 17.3 Å². The predicted molar refractivity (Wildman–Crippen MR) is 71.8 cm³/mol. The molecule has 1 aromatic carbocycles. The average molecular weight is 263 g/mol. The van der Waals surface area contributed by atoms with Gasteiger partial charge in [-0.1, -0.05) is 6.42 Å². The van der Waals surface area contributed by atoms with E-state index < -0.39 is 4.92 Å². The number of hydrogen-bond donors (Lipinski definition) is 1. The Morgan fingerprint density at radius 2 is 2.21 bits per heavy atom. The van der Waals surface area contributed by atoms with Crippen molar-refractivity contribution in [2.45, 2.75) is 19.3 Å². The van der Waals surface area contributed by atoms with Gasteiger partial charge in [0.25, 0.3) is 11.6 Å². The van der Waals surface area contributed by atoms with Crippen LogP contribution in [0.2, 0.25) is 0 Å². The normalized spacial score (nSPS) is 14.8. The van der Waals surface area contributed by atoms with Gasteiger partial charge in [-0.15, -0.1) is 0 Å². The summed E-state index contributed by atoms with van der Waals surface area (Å²) in [6.45, 7) is 0.705. The second-order valence-corrected chi connectivity index (χ2v) is 5.01. The van der Waals surface area contributed by atoms with Gasteiger partial charge in [0.05, 0.1) is 4.92 Å². The van der Waals surface area contributed by atoms with Crippen LogP contribution in [0.25, 0.3) is 0 Å². The molecule has 0 atom stereocenters. The summed E-state index contributed by atoms with van der Waals surface area (Å²) in [6.07, 6.45) is 3.53. The minimum Gasteiger partial charge on any atom is -0.393 e. The fourth-order valence-corrected chi connectivity index (χ4v) is 2.20. The smallest absolute Gasteiger partial charge is 0.292 e. The van der Waals surface area contributed by atoms with Crippen LogP contribution in [0.4, 0.5) is 11.4 Å². The molecule has 0 spiro atoms. The van der Waals surface area contributed by atoms with Crippen molar-refractivity contribution < 1.29 is 9.72 Å². The number of nitro benzene ring substituents is 1. The van der Waals surface area contributed by atoms with Gasteiger partial charge in [-0.05, 0) is 30.9 Å². The van der Waals surface area contributed by atoms with Crippen LogP contribution in [-0.2, 0) is 0 Å². The molecule has 102 valence electrons. The predicted octanol–water partition coefficient (Wildman–Crippen LogP) is 2.05. The molecule has 0 aliphatic heterocycles. The molecule has 6 nitrogen and oxygen atoms in total. The molecule has 19 heavy (non-hydrogen) atoms. The molecule has 0 bridgehead atoms. The summed E-state index contributed by atoms with van der Waals surface area (Å²) < 4.78 is 0. The number of amides is 1. The Hall–Kier alpha value is -2.11. The number of nitrogens with two attached hydrogens (primary N) is 1. The van der Waals surface area contributed by atoms with Gasteiger partial charge in [0.2, 0.25) is 0 Å². The van der Waals surface area contributed by atoms with Gasteiger partial charge in [0, 0.05) is 25.2 Å². The molecule has 1 amide bonds. The highest BCUT2D eigenvalue weighted by molar-refractivity contribution is 5.95. The number of rotatable bonds is 4. The van der Waals surface area contributed by atoms with E-state index >= 15 is 0 Å². The van der Waals surface area contributed by atoms with Gasteiger partial charge >= 0.3 is 0 Å². The first-order valence-electron chi connectivity index (χ1n) is 6.28. The quantitative estimate of drug-likeness (QED) is 0.511. The monoisotopic (exact) mass is 263 g/mol. The Bertz CT molecular complexity index is 512. The van der Waals surface area contributed by atoms with Crippen LogP contribution < -0.4 is 5.73 Å². The summed E-state index contributed by atoms with van der Waals surface area (Å²) in [4.78, 5) is 24.0. The van der Waals surface area contributed by atoms with E-state index in [9.17, 15) is 14.9 Å². The van der Waals surface area contributed by atoms with Crippen LogP contribution >= 0.6 is 0 Å². The lowest BCUT2D eigenvalue weighted by atomic mass is 9.85. The molecule has 1 aromatic rings. The summed E-state index contributed by atoms with van der Waals surface area (Å²) in [7, 11) is 1.73. The topological polar surface area (TPSA) is 89.5 Å². The van der Waals surface area contributed by atoms with E-state index in [2.05, 4.69) is 0 Å². The van der Waals surface area contributed by atoms with Crippen LogP contribution in [0.5, 0.6) is 0 Å². The number of nitrogen functional groups attached to an aromatic ring is 1. The SMILES string of the molecule is CN(CC1CCC1)C(=O)c1ccc(N)c([N+](=O)[O-])c1. The Balaban J connectivity index is 2.13. The van der Waals surface area contributed by atoms with Gasteiger partial charge in [-0.2, -0.15) is 0 Å². The molecule has 1 aliphatic rings. The molecular formula is C13H17N3O3. The van der Waals surface area contributed by atoms with E-state index in [4.69, 9.17) is 5.73 Å². The zero-order chi connectivity index (χ0) is 14.0. The Morgan fingerprint density at radius 1 is 1.53 bits per heavy atom. The third-order valence-corrected chi connectivity index (χ3v) is 3.58. The fourth-order valence-electron chi connectivity index (χ4n) is 2.20. The lowest BCUT2D eigenvalue weighted by Gasteiger charge is -2.30. The number of nitrogens with zero attached hydrogens (tertiary/aromatic N) is 2. The zero-order valence-corrected chi connectivity index (χ0v) is 10.8. The van der Waals surface area contributed by atoms with Crippen molar-refractivity contribution in [3.63, 3.8) is 0 Å². The van der Waals surface area contributed by atoms with E-state index in [1.54, 1.807) is 11.9 Å². The van der Waals surface area contributed by atoms with Gasteiger partial charge in [-0.3, -0.25) is 14.9 Å². The van der Waals surface area contributed by atoms with Crippen molar-refractivity contribution in [2.75, 3.05) is 19.3 Å². The van der Waals surface area contributed by atoms with Crippen LogP contribution in [0, 0.1) is 16.0 Å². The Kier molecular flexibility index (Phi) is 3.69. The van der Waals surface area contributed by atoms with Crippen molar-refractivity contribution in [3.8, 4) is 0 Å². The molecule has 1 saturated carbocycles. The molecule has 1 aliphatic carbocycles. The number of carbonyl (C=O) groups is 1. The molecule has 0 radical (unpaired) electrons. The summed E-state index contributed by atoms with van der Waals surface area (Å²) in [5.41, 5.74) is 5.67. The third-order valence-electron chi connectivity index (χ3n) is 3.58. The number of benzene rings is 1. The van der Waals surface area contributed by atoms with Crippen molar-refractivity contribution in [1.29, 1.82) is 0 Å². The van der Waals surface area contributed by atoms with Gasteiger partial charge in [0.1, 0.15) is 5.69 Å². The van der Waals surface area contributed by atoms with Gasteiger partial charge in [-0.25, -0.2) is 0 Å². The second-order valence-electron chi connectivity index (χ2n) is 5.01. The van der Waals surface area contributed by atoms with Crippen LogP contribution in [-0.4, -0.2) is 29.3 Å². The number of hydrogen-bond acceptors (Lipinski definition) is 4. The summed E-state index contributed by atoms with van der Waals surface area (Å²) in [5.74, 6) is 0.368. The zero-order valence-electron chi connectivity index (χ0n) is 10.8. The first-order valence-corrected chi connectivity index (χ1v) is 6.28. The molecule has 0 aromatic heterocycles. The number of carbonyl (C=O) groups excluding carboxylic acids is 1. The molecule has 2 N–H and O–H groups in total. The van der Waals surface area contributed by atoms with Crippen molar-refractivity contribution in [1.82, 2.24) is 4.90 Å². The van der Waals surface area contributed by atoms with Crippen LogP contribution in [0.3, 0.4) is 0 Å². The molecule has 6 heteroatoms. The lowest BCUT2D eigenvalue weighted by Crippen LogP contribution is -2.34. The van der Waals surface area contributed by atoms with Crippen molar-refractivity contribution >= 4 is 17.3 Å². The first-order chi connectivity index (χ1) is 8.99. The molecule has 1 fully saturated rings. The maximum absolute atomic E-state index is 12.2. The number of nitro groups is 1. The second kappa shape index (κ2) is 5.26. The lowest BCUT2D eigenvalue weighted by molar-refractivity contribution is -0.383. The molecule has 2 rings (SSSR count). The first kappa shape index (κ1) is 13.3. The van der Waals surface area contributed by atoms with Crippen LogP contribution in [0.15, 0.2) is 18.2 Å². The summed E-state index contributed by atoms with van der Waals surface area (Å²) >= 11 is 0. The highest BCUT2D eigenvalue weighted by Crippen LogP contribution is 2.28. The van der Waals surface area contributed by atoms with Gasteiger partial charge in [0.15, 0.2) is 0 Å². The molecule has 0 heterocycles. The van der Waals surface area contributed by atoms with Crippen molar-refractivity contribution in [3.05, 3.63) is 33.9 Å². The van der Waals surface area contributed by atoms with E-state index in [1.165, 1.54) is 24.6 Å². The average Bonchev–Trinajstić information content (AvgIpc) is 2.33. The summed E-state index contributed by atoms with van der Waals surface area (Å²) in [5, 5.41) is 10.8. The van der Waals surface area contributed by atoms with Crippen molar-refractivity contribution in [2.24, 2.45) is 5.92 Å². The largest absolute Gasteiger partial charge is 0.393 e. The maximum atomic E-state index is 12.2. The fraction of sp³-hybridized carbons (Fsp3) is 0.462. The minimum atomic E-state index is -0.571. The highest BCUT2D eigenvalue weighted by Gasteiger charge is 2.23. The van der Waals surface area contributed by atoms with E-state index in [1.807, 2.05) is 0 Å². The van der Waals surface area contributed by atoms with Gasteiger partial charge < -0.3 is 10.6 Å². The highest BCUT2D eigenvalue weighted by atomic mass is 16.6. The molecule has 0 unspecified atom stereocenters. The molecule has 0 saturated heterocycles.